The summed E-state index contributed by atoms with van der Waals surface area (Å²) in [5.41, 5.74) is 4.77. The van der Waals surface area contributed by atoms with Crippen LogP contribution in [-0.2, 0) is 6.42 Å². The number of amides is 1. The number of hydrogen-bond donors (Lipinski definition) is 1. The minimum absolute atomic E-state index is 0.119. The molecule has 0 unspecified atom stereocenters. The van der Waals surface area contributed by atoms with Crippen molar-refractivity contribution in [2.24, 2.45) is 0 Å². The van der Waals surface area contributed by atoms with Crippen LogP contribution in [0.4, 0.5) is 5.69 Å². The Balaban J connectivity index is 1.72. The van der Waals surface area contributed by atoms with Crippen molar-refractivity contribution in [2.75, 3.05) is 5.32 Å². The van der Waals surface area contributed by atoms with Crippen molar-refractivity contribution in [3.63, 3.8) is 0 Å². The van der Waals surface area contributed by atoms with Gasteiger partial charge in [0.05, 0.1) is 5.69 Å². The molecule has 4 aromatic rings. The van der Waals surface area contributed by atoms with Crippen molar-refractivity contribution in [3.8, 4) is 17.1 Å². The van der Waals surface area contributed by atoms with Crippen molar-refractivity contribution >= 4 is 27.5 Å². The molecule has 0 aliphatic heterocycles. The second-order valence-electron chi connectivity index (χ2n) is 7.02. The van der Waals surface area contributed by atoms with Gasteiger partial charge in [0, 0.05) is 15.7 Å². The highest BCUT2D eigenvalue weighted by Crippen LogP contribution is 2.24. The van der Waals surface area contributed by atoms with E-state index in [9.17, 15) is 4.79 Å². The lowest BCUT2D eigenvalue weighted by molar-refractivity contribution is 0.101. The number of anilines is 1. The number of rotatable bonds is 5. The number of hydrogen-bond acceptors (Lipinski definition) is 3. The first-order valence-electron chi connectivity index (χ1n) is 9.74. The maximum atomic E-state index is 12.9. The minimum Gasteiger partial charge on any atom is -0.319 e. The summed E-state index contributed by atoms with van der Waals surface area (Å²) in [6.07, 6.45) is 0.952. The molecule has 0 spiro atoms. The molecule has 0 saturated carbocycles. The van der Waals surface area contributed by atoms with Gasteiger partial charge in [0.25, 0.3) is 5.91 Å². The highest BCUT2D eigenvalue weighted by Gasteiger charge is 2.19. The first kappa shape index (κ1) is 20.0. The van der Waals surface area contributed by atoms with Crippen LogP contribution >= 0.6 is 15.9 Å². The SMILES string of the molecule is CCc1ccc(NC(=O)c2nc(-c3cccc(C)c3)n(-c3ccc(Br)cc3)n2)cc1. The number of aromatic nitrogens is 3. The molecule has 0 fully saturated rings. The molecule has 0 bridgehead atoms. The summed E-state index contributed by atoms with van der Waals surface area (Å²) < 4.78 is 2.67. The topological polar surface area (TPSA) is 59.8 Å². The van der Waals surface area contributed by atoms with Crippen LogP contribution in [0, 0.1) is 6.92 Å². The van der Waals surface area contributed by atoms with E-state index < -0.39 is 0 Å². The lowest BCUT2D eigenvalue weighted by Crippen LogP contribution is -2.14. The number of carbonyl (C=O) groups is 1. The number of carbonyl (C=O) groups excluding carboxylic acids is 1. The Kier molecular flexibility index (Phi) is 5.77. The Morgan fingerprint density at radius 1 is 1.03 bits per heavy atom. The smallest absolute Gasteiger partial charge is 0.295 e. The van der Waals surface area contributed by atoms with Gasteiger partial charge in [-0.3, -0.25) is 4.79 Å². The molecule has 1 heterocycles. The maximum Gasteiger partial charge on any atom is 0.295 e. The summed E-state index contributed by atoms with van der Waals surface area (Å²) in [6.45, 7) is 4.12. The van der Waals surface area contributed by atoms with Gasteiger partial charge in [-0.05, 0) is 61.4 Å². The molecule has 6 heteroatoms. The average molecular weight is 461 g/mol. The van der Waals surface area contributed by atoms with Crippen molar-refractivity contribution in [3.05, 3.63) is 94.2 Å². The molecule has 1 aromatic heterocycles. The standard InChI is InChI=1S/C24H21BrN4O/c1-3-17-7-11-20(12-8-17)26-24(30)22-27-23(18-6-4-5-16(2)15-18)29(28-22)21-13-9-19(25)10-14-21/h4-15H,3H2,1-2H3,(H,26,30). The Morgan fingerprint density at radius 2 is 1.77 bits per heavy atom. The summed E-state index contributed by atoms with van der Waals surface area (Å²) in [5, 5.41) is 7.41. The Labute approximate surface area is 183 Å². The van der Waals surface area contributed by atoms with E-state index in [1.165, 1.54) is 5.56 Å². The van der Waals surface area contributed by atoms with Gasteiger partial charge in [-0.2, -0.15) is 0 Å². The van der Waals surface area contributed by atoms with Crippen LogP contribution in [0.1, 0.15) is 28.7 Å². The fourth-order valence-electron chi connectivity index (χ4n) is 3.15. The third-order valence-electron chi connectivity index (χ3n) is 4.78. The molecule has 3 aromatic carbocycles. The molecular weight excluding hydrogens is 440 g/mol. The number of benzene rings is 3. The van der Waals surface area contributed by atoms with Crippen LogP contribution in [0.2, 0.25) is 0 Å². The lowest BCUT2D eigenvalue weighted by atomic mass is 10.1. The minimum atomic E-state index is -0.344. The first-order chi connectivity index (χ1) is 14.5. The van der Waals surface area contributed by atoms with Gasteiger partial charge in [-0.25, -0.2) is 9.67 Å². The second-order valence-corrected chi connectivity index (χ2v) is 7.94. The zero-order valence-electron chi connectivity index (χ0n) is 16.8. The van der Waals surface area contributed by atoms with Crippen LogP contribution in [0.3, 0.4) is 0 Å². The zero-order chi connectivity index (χ0) is 21.1. The van der Waals surface area contributed by atoms with Gasteiger partial charge < -0.3 is 5.32 Å². The van der Waals surface area contributed by atoms with E-state index in [2.05, 4.69) is 38.3 Å². The largest absolute Gasteiger partial charge is 0.319 e. The van der Waals surface area contributed by atoms with Gasteiger partial charge in [0.15, 0.2) is 5.82 Å². The molecule has 30 heavy (non-hydrogen) atoms. The maximum absolute atomic E-state index is 12.9. The highest BCUT2D eigenvalue weighted by atomic mass is 79.9. The third kappa shape index (κ3) is 4.33. The normalized spacial score (nSPS) is 10.8. The van der Waals surface area contributed by atoms with E-state index >= 15 is 0 Å². The van der Waals surface area contributed by atoms with Crippen molar-refractivity contribution < 1.29 is 4.79 Å². The third-order valence-corrected chi connectivity index (χ3v) is 5.31. The monoisotopic (exact) mass is 460 g/mol. The zero-order valence-corrected chi connectivity index (χ0v) is 18.3. The molecule has 1 N–H and O–H groups in total. The molecular formula is C24H21BrN4O. The summed E-state index contributed by atoms with van der Waals surface area (Å²) in [5.74, 6) is 0.394. The summed E-state index contributed by atoms with van der Waals surface area (Å²) in [7, 11) is 0. The fourth-order valence-corrected chi connectivity index (χ4v) is 3.42. The summed E-state index contributed by atoms with van der Waals surface area (Å²) in [6, 6.07) is 23.5. The lowest BCUT2D eigenvalue weighted by Gasteiger charge is -2.06. The summed E-state index contributed by atoms with van der Waals surface area (Å²) in [4.78, 5) is 17.4. The summed E-state index contributed by atoms with van der Waals surface area (Å²) >= 11 is 3.46. The molecule has 1 amide bonds. The van der Waals surface area contributed by atoms with E-state index in [1.807, 2.05) is 79.7 Å². The van der Waals surface area contributed by atoms with Gasteiger partial charge in [0.1, 0.15) is 0 Å². The predicted octanol–water partition coefficient (Wildman–Crippen LogP) is 5.82. The van der Waals surface area contributed by atoms with Gasteiger partial charge in [-0.1, -0.05) is 58.7 Å². The van der Waals surface area contributed by atoms with Crippen LogP contribution in [-0.4, -0.2) is 20.7 Å². The van der Waals surface area contributed by atoms with Gasteiger partial charge in [0.2, 0.25) is 5.82 Å². The molecule has 0 atom stereocenters. The quantitative estimate of drug-likeness (QED) is 0.408. The molecule has 4 rings (SSSR count). The van der Waals surface area contributed by atoms with Crippen molar-refractivity contribution in [1.29, 1.82) is 0 Å². The van der Waals surface area contributed by atoms with Crippen molar-refractivity contribution in [2.45, 2.75) is 20.3 Å². The second kappa shape index (κ2) is 8.63. The van der Waals surface area contributed by atoms with Crippen LogP contribution in [0.25, 0.3) is 17.1 Å². The van der Waals surface area contributed by atoms with Crippen LogP contribution in [0.5, 0.6) is 0 Å². The van der Waals surface area contributed by atoms with E-state index in [1.54, 1.807) is 4.68 Å². The van der Waals surface area contributed by atoms with Crippen molar-refractivity contribution in [1.82, 2.24) is 14.8 Å². The first-order valence-corrected chi connectivity index (χ1v) is 10.5. The van der Waals surface area contributed by atoms with Gasteiger partial charge in [-0.15, -0.1) is 5.10 Å². The molecule has 0 aliphatic rings. The van der Waals surface area contributed by atoms with E-state index in [0.29, 0.717) is 11.5 Å². The van der Waals surface area contributed by atoms with E-state index in [4.69, 9.17) is 0 Å². The van der Waals surface area contributed by atoms with Gasteiger partial charge >= 0.3 is 0 Å². The van der Waals surface area contributed by atoms with Crippen LogP contribution in [0.15, 0.2) is 77.3 Å². The fraction of sp³-hybridized carbons (Fsp3) is 0.125. The Hall–Kier alpha value is -3.25. The Bertz CT molecular complexity index is 1180. The molecule has 150 valence electrons. The predicted molar refractivity (Wildman–Crippen MR) is 123 cm³/mol. The van der Waals surface area contributed by atoms with Crippen LogP contribution < -0.4 is 5.32 Å². The van der Waals surface area contributed by atoms with E-state index in [0.717, 1.165) is 27.7 Å². The molecule has 5 nitrogen and oxygen atoms in total. The number of aryl methyl sites for hydroxylation is 2. The average Bonchev–Trinajstić information content (AvgIpc) is 3.20. The molecule has 0 aliphatic carbocycles. The highest BCUT2D eigenvalue weighted by molar-refractivity contribution is 9.10. The molecule has 0 radical (unpaired) electrons. The number of nitrogens with one attached hydrogen (secondary N) is 1. The molecule has 0 saturated heterocycles. The van der Waals surface area contributed by atoms with E-state index in [-0.39, 0.29) is 11.7 Å². The number of nitrogens with zero attached hydrogens (tertiary/aromatic N) is 3. The Morgan fingerprint density at radius 3 is 2.43 bits per heavy atom. The number of halogens is 1.